The van der Waals surface area contributed by atoms with Gasteiger partial charge in [0, 0.05) is 25.1 Å². The lowest BCUT2D eigenvalue weighted by atomic mass is 9.96. The van der Waals surface area contributed by atoms with Gasteiger partial charge in [-0.15, -0.1) is 0 Å². The molecule has 2 atom stereocenters. The molecule has 1 heterocycles. The van der Waals surface area contributed by atoms with Crippen LogP contribution in [0.25, 0.3) is 0 Å². The molecule has 0 saturated carbocycles. The molecular weight excluding hydrogens is 377 g/mol. The smallest absolute Gasteiger partial charge is 0.394 e. The van der Waals surface area contributed by atoms with Gasteiger partial charge in [0.1, 0.15) is 4.90 Å². The van der Waals surface area contributed by atoms with E-state index in [1.807, 2.05) is 0 Å². The summed E-state index contributed by atoms with van der Waals surface area (Å²) in [6, 6.07) is 3.47. The first-order chi connectivity index (χ1) is 11.9. The molecule has 1 fully saturated rings. The summed E-state index contributed by atoms with van der Waals surface area (Å²) in [5.41, 5.74) is -0.0974. The molecule has 0 aliphatic carbocycles. The molecule has 26 heavy (non-hydrogen) atoms. The van der Waals surface area contributed by atoms with Crippen molar-refractivity contribution in [3.05, 3.63) is 23.8 Å². The Morgan fingerprint density at radius 1 is 1.31 bits per heavy atom. The van der Waals surface area contributed by atoms with Crippen molar-refractivity contribution >= 4 is 27.5 Å². The van der Waals surface area contributed by atoms with Gasteiger partial charge >= 0.3 is 12.1 Å². The van der Waals surface area contributed by atoms with Crippen LogP contribution < -0.4 is 10.0 Å². The highest BCUT2D eigenvalue weighted by molar-refractivity contribution is 7.89. The molecule has 3 N–H and O–H groups in total. The zero-order valence-corrected chi connectivity index (χ0v) is 14.5. The highest BCUT2D eigenvalue weighted by Gasteiger charge is 2.53. The van der Waals surface area contributed by atoms with Crippen LogP contribution in [-0.4, -0.2) is 44.5 Å². The van der Waals surface area contributed by atoms with E-state index in [0.717, 1.165) is 11.0 Å². The molecule has 0 bridgehead atoms. The van der Waals surface area contributed by atoms with Gasteiger partial charge < -0.3 is 10.0 Å². The van der Waals surface area contributed by atoms with E-state index >= 15 is 0 Å². The Kier molecular flexibility index (Phi) is 5.34. The monoisotopic (exact) mass is 394 g/mol. The molecule has 2 rings (SSSR count). The molecule has 0 spiro atoms. The number of rotatable bonds is 5. The summed E-state index contributed by atoms with van der Waals surface area (Å²) in [6.45, 7) is 0.325. The SMILES string of the molecule is CCC(=O)c1ccc(N2C[C@@H](C(F)(F)F)[C@H](C(=O)O)C2)c(S(N)(=O)=O)c1. The molecule has 144 valence electrons. The Hall–Kier alpha value is -2.14. The minimum absolute atomic E-state index is 0.0571. The molecule has 7 nitrogen and oxygen atoms in total. The van der Waals surface area contributed by atoms with Crippen LogP contribution in [0.3, 0.4) is 0 Å². The first kappa shape index (κ1) is 20.2. The molecule has 1 aliphatic heterocycles. The number of halogens is 3. The fourth-order valence-corrected chi connectivity index (χ4v) is 3.74. The summed E-state index contributed by atoms with van der Waals surface area (Å²) in [5, 5.41) is 14.2. The predicted octanol–water partition coefficient (Wildman–Crippen LogP) is 1.63. The van der Waals surface area contributed by atoms with Crippen molar-refractivity contribution in [2.24, 2.45) is 17.0 Å². The van der Waals surface area contributed by atoms with Crippen molar-refractivity contribution in [1.82, 2.24) is 0 Å². The molecule has 11 heteroatoms. The van der Waals surface area contributed by atoms with Gasteiger partial charge in [-0.3, -0.25) is 9.59 Å². The fraction of sp³-hybridized carbons (Fsp3) is 0.467. The number of hydrogen-bond donors (Lipinski definition) is 2. The number of alkyl halides is 3. The van der Waals surface area contributed by atoms with Crippen LogP contribution in [0.5, 0.6) is 0 Å². The molecule has 0 unspecified atom stereocenters. The number of aliphatic carboxylic acids is 1. The molecular formula is C15H17F3N2O5S. The van der Waals surface area contributed by atoms with Crippen LogP contribution >= 0.6 is 0 Å². The van der Waals surface area contributed by atoms with E-state index in [9.17, 15) is 31.2 Å². The molecule has 1 aliphatic rings. The highest BCUT2D eigenvalue weighted by Crippen LogP contribution is 2.40. The van der Waals surface area contributed by atoms with Crippen LogP contribution in [0.15, 0.2) is 23.1 Å². The van der Waals surface area contributed by atoms with Crippen molar-refractivity contribution in [2.45, 2.75) is 24.4 Å². The Morgan fingerprint density at radius 2 is 1.92 bits per heavy atom. The molecule has 1 aromatic carbocycles. The number of benzene rings is 1. The summed E-state index contributed by atoms with van der Waals surface area (Å²) in [6.07, 6.45) is -4.65. The molecule has 0 radical (unpaired) electrons. The second-order valence-corrected chi connectivity index (χ2v) is 7.53. The number of primary sulfonamides is 1. The number of anilines is 1. The number of carboxylic acid groups (broad SMARTS) is 1. The summed E-state index contributed by atoms with van der Waals surface area (Å²) >= 11 is 0. The number of nitrogens with two attached hydrogens (primary N) is 1. The van der Waals surface area contributed by atoms with E-state index < -0.39 is 52.0 Å². The van der Waals surface area contributed by atoms with E-state index in [1.54, 1.807) is 6.92 Å². The number of hydrogen-bond acceptors (Lipinski definition) is 5. The maximum atomic E-state index is 13.1. The van der Waals surface area contributed by atoms with Gasteiger partial charge in [-0.25, -0.2) is 13.6 Å². The fourth-order valence-electron chi connectivity index (χ4n) is 2.96. The third-order valence-electron chi connectivity index (χ3n) is 4.31. The number of Topliss-reactive ketones (excluding diaryl/α,β-unsaturated/α-hetero) is 1. The molecule has 1 saturated heterocycles. The van der Waals surface area contributed by atoms with E-state index in [-0.39, 0.29) is 23.5 Å². The maximum Gasteiger partial charge on any atom is 0.394 e. The van der Waals surface area contributed by atoms with Crippen molar-refractivity contribution in [1.29, 1.82) is 0 Å². The third-order valence-corrected chi connectivity index (χ3v) is 5.25. The van der Waals surface area contributed by atoms with Crippen LogP contribution in [0, 0.1) is 11.8 Å². The minimum atomic E-state index is -4.75. The quantitative estimate of drug-likeness (QED) is 0.733. The Morgan fingerprint density at radius 3 is 2.35 bits per heavy atom. The summed E-state index contributed by atoms with van der Waals surface area (Å²) in [5.74, 6) is -5.87. The molecule has 0 aromatic heterocycles. The predicted molar refractivity (Wildman–Crippen MR) is 85.3 cm³/mol. The normalized spacial score (nSPS) is 21.0. The zero-order valence-electron chi connectivity index (χ0n) is 13.7. The van der Waals surface area contributed by atoms with Crippen molar-refractivity contribution in [3.8, 4) is 0 Å². The minimum Gasteiger partial charge on any atom is -0.481 e. The second-order valence-electron chi connectivity index (χ2n) is 6.00. The van der Waals surface area contributed by atoms with E-state index in [1.165, 1.54) is 12.1 Å². The lowest BCUT2D eigenvalue weighted by Crippen LogP contribution is -2.33. The molecule has 0 amide bonds. The first-order valence-electron chi connectivity index (χ1n) is 7.60. The van der Waals surface area contributed by atoms with Crippen molar-refractivity contribution in [3.63, 3.8) is 0 Å². The second kappa shape index (κ2) is 6.88. The van der Waals surface area contributed by atoms with Gasteiger partial charge in [0.05, 0.1) is 17.5 Å². The largest absolute Gasteiger partial charge is 0.481 e. The third kappa shape index (κ3) is 3.98. The van der Waals surface area contributed by atoms with Gasteiger partial charge in [0.2, 0.25) is 10.0 Å². The molecule has 1 aromatic rings. The number of carboxylic acids is 1. The summed E-state index contributed by atoms with van der Waals surface area (Å²) < 4.78 is 63.1. The summed E-state index contributed by atoms with van der Waals surface area (Å²) in [7, 11) is -4.35. The number of carbonyl (C=O) groups excluding carboxylic acids is 1. The van der Waals surface area contributed by atoms with Crippen LogP contribution in [0.2, 0.25) is 0 Å². The van der Waals surface area contributed by atoms with Crippen molar-refractivity contribution in [2.75, 3.05) is 18.0 Å². The van der Waals surface area contributed by atoms with Crippen LogP contribution in [0.1, 0.15) is 23.7 Å². The Balaban J connectivity index is 2.51. The lowest BCUT2D eigenvalue weighted by Gasteiger charge is -2.22. The Labute approximate surface area is 147 Å². The zero-order chi connectivity index (χ0) is 19.9. The number of sulfonamides is 1. The van der Waals surface area contributed by atoms with E-state index in [4.69, 9.17) is 10.2 Å². The maximum absolute atomic E-state index is 13.1. The lowest BCUT2D eigenvalue weighted by molar-refractivity contribution is -0.187. The number of ketones is 1. The van der Waals surface area contributed by atoms with Gasteiger partial charge in [0.15, 0.2) is 5.78 Å². The van der Waals surface area contributed by atoms with Gasteiger partial charge in [0.25, 0.3) is 0 Å². The van der Waals surface area contributed by atoms with Crippen LogP contribution in [0.4, 0.5) is 18.9 Å². The number of carbonyl (C=O) groups is 2. The number of nitrogens with zero attached hydrogens (tertiary/aromatic N) is 1. The van der Waals surface area contributed by atoms with Gasteiger partial charge in [-0.1, -0.05) is 6.92 Å². The van der Waals surface area contributed by atoms with Gasteiger partial charge in [-0.05, 0) is 18.2 Å². The van der Waals surface area contributed by atoms with Crippen molar-refractivity contribution < 1.29 is 36.3 Å². The van der Waals surface area contributed by atoms with Gasteiger partial charge in [-0.2, -0.15) is 13.2 Å². The van der Waals surface area contributed by atoms with E-state index in [0.29, 0.717) is 0 Å². The topological polar surface area (TPSA) is 118 Å². The van der Waals surface area contributed by atoms with Crippen LogP contribution in [-0.2, 0) is 14.8 Å². The summed E-state index contributed by atoms with van der Waals surface area (Å²) in [4.78, 5) is 23.5. The average Bonchev–Trinajstić information content (AvgIpc) is 2.98. The van der Waals surface area contributed by atoms with E-state index in [2.05, 4.69) is 0 Å². The first-order valence-corrected chi connectivity index (χ1v) is 9.15. The standard InChI is InChI=1S/C15H17F3N2O5S/c1-2-12(21)8-3-4-11(13(5-8)26(19,24)25)20-6-9(14(22)23)10(7-20)15(16,17)18/h3-5,9-10H,2,6-7H2,1H3,(H,22,23)(H2,19,24,25)/t9-,10-/m1/s1. The Bertz CT molecular complexity index is 838. The average molecular weight is 394 g/mol. The highest BCUT2D eigenvalue weighted by atomic mass is 32.2.